The number of ether oxygens (including phenoxy) is 1. The Hall–Kier alpha value is -4.19. The Morgan fingerprint density at radius 3 is 2.35 bits per heavy atom. The van der Waals surface area contributed by atoms with Crippen molar-refractivity contribution in [1.82, 2.24) is 0 Å². The van der Waals surface area contributed by atoms with Gasteiger partial charge < -0.3 is 15.0 Å². The molecule has 0 saturated carbocycles. The lowest BCUT2D eigenvalue weighted by molar-refractivity contribution is -0.128. The number of ketones is 2. The first-order chi connectivity index (χ1) is 19.0. The molecule has 40 heavy (non-hydrogen) atoms. The van der Waals surface area contributed by atoms with E-state index < -0.39 is 28.8 Å². The van der Waals surface area contributed by atoms with Crippen LogP contribution in [0.15, 0.2) is 72.8 Å². The number of carbonyl (C=O) groups excluding carboxylic acids is 3. The van der Waals surface area contributed by atoms with Gasteiger partial charge in [0.1, 0.15) is 17.2 Å². The third-order valence-electron chi connectivity index (χ3n) is 8.80. The minimum Gasteiger partial charge on any atom is -0.497 e. The number of nitrogens with zero attached hydrogens (tertiary/aromatic N) is 1. The van der Waals surface area contributed by atoms with Crippen LogP contribution in [0.3, 0.4) is 0 Å². The molecule has 6 heteroatoms. The highest BCUT2D eigenvalue weighted by Gasteiger charge is 2.71. The van der Waals surface area contributed by atoms with Crippen molar-refractivity contribution in [2.75, 3.05) is 17.3 Å². The fourth-order valence-electron chi connectivity index (χ4n) is 6.92. The van der Waals surface area contributed by atoms with E-state index in [1.54, 1.807) is 31.4 Å². The summed E-state index contributed by atoms with van der Waals surface area (Å²) in [5.41, 5.74) is 3.84. The van der Waals surface area contributed by atoms with Crippen molar-refractivity contribution < 1.29 is 19.1 Å². The molecular weight excluding hydrogens is 500 g/mol. The quantitative estimate of drug-likeness (QED) is 0.417. The predicted molar refractivity (Wildman–Crippen MR) is 157 cm³/mol. The van der Waals surface area contributed by atoms with Gasteiger partial charge in [-0.1, -0.05) is 56.7 Å². The monoisotopic (exact) mass is 534 g/mol. The maximum absolute atomic E-state index is 14.8. The number of benzene rings is 3. The molecule has 0 aromatic heterocycles. The molecule has 1 fully saturated rings. The van der Waals surface area contributed by atoms with Crippen molar-refractivity contribution >= 4 is 34.4 Å². The standard InChI is InChI=1S/C34H34N2O4/c1-19-11-16-26-23(17-19)20(2)18-27-34(24-9-7-8-10-25(24)35-32(34)39)28(29(36(26)27)31(38)33(3,4)5)30(37)21-12-14-22(40-6)15-13-21/h7-18,27-29H,1-6H3,(H,35,39)/t27-,28+,29-,34+/m0/s1. The summed E-state index contributed by atoms with van der Waals surface area (Å²) >= 11 is 0. The number of Topliss-reactive ketones (excluding diaryl/α,β-unsaturated/α-hetero) is 2. The van der Waals surface area contributed by atoms with Crippen LogP contribution >= 0.6 is 0 Å². The molecule has 3 aromatic carbocycles. The molecule has 0 unspecified atom stereocenters. The number of methoxy groups -OCH3 is 1. The molecule has 3 aliphatic rings. The summed E-state index contributed by atoms with van der Waals surface area (Å²) in [5, 5.41) is 3.09. The summed E-state index contributed by atoms with van der Waals surface area (Å²) in [6.07, 6.45) is 2.09. The lowest BCUT2D eigenvalue weighted by atomic mass is 9.63. The zero-order valence-electron chi connectivity index (χ0n) is 23.7. The molecule has 3 heterocycles. The van der Waals surface area contributed by atoms with E-state index >= 15 is 0 Å². The van der Waals surface area contributed by atoms with Crippen molar-refractivity contribution in [2.24, 2.45) is 11.3 Å². The molecule has 3 aliphatic heterocycles. The number of carbonyl (C=O) groups is 3. The SMILES string of the molecule is COc1ccc(C(=O)[C@H]2[C@@H](C(=O)C(C)(C)C)N3c4ccc(C)cc4C(C)=C[C@H]3[C@@]23C(=O)Nc2ccccc23)cc1. The van der Waals surface area contributed by atoms with Crippen molar-refractivity contribution in [2.45, 2.75) is 52.1 Å². The third kappa shape index (κ3) is 3.51. The first kappa shape index (κ1) is 26.1. The highest BCUT2D eigenvalue weighted by molar-refractivity contribution is 6.17. The minimum atomic E-state index is -1.30. The van der Waals surface area contributed by atoms with Gasteiger partial charge in [0, 0.05) is 27.9 Å². The van der Waals surface area contributed by atoms with Crippen molar-refractivity contribution in [3.63, 3.8) is 0 Å². The maximum Gasteiger partial charge on any atom is 0.238 e. The van der Waals surface area contributed by atoms with Gasteiger partial charge in [-0.15, -0.1) is 0 Å². The number of hydrogen-bond acceptors (Lipinski definition) is 5. The van der Waals surface area contributed by atoms with Crippen LogP contribution in [0.5, 0.6) is 5.75 Å². The summed E-state index contributed by atoms with van der Waals surface area (Å²) in [7, 11) is 1.58. The molecule has 4 atom stereocenters. The highest BCUT2D eigenvalue weighted by atomic mass is 16.5. The van der Waals surface area contributed by atoms with Gasteiger partial charge in [0.15, 0.2) is 11.6 Å². The Kier molecular flexibility index (Phi) is 5.81. The molecule has 1 saturated heterocycles. The number of allylic oxidation sites excluding steroid dienone is 1. The van der Waals surface area contributed by atoms with Gasteiger partial charge in [0.05, 0.1) is 19.1 Å². The van der Waals surface area contributed by atoms with Crippen LogP contribution in [0.1, 0.15) is 54.7 Å². The second kappa shape index (κ2) is 8.91. The van der Waals surface area contributed by atoms with Gasteiger partial charge in [-0.2, -0.15) is 0 Å². The van der Waals surface area contributed by atoms with Crippen LogP contribution in [0.2, 0.25) is 0 Å². The molecule has 1 spiro atoms. The normalized spacial score (nSPS) is 24.6. The zero-order chi connectivity index (χ0) is 28.6. The van der Waals surface area contributed by atoms with Crippen LogP contribution in [0.25, 0.3) is 5.57 Å². The number of fused-ring (bicyclic) bond motifs is 6. The summed E-state index contributed by atoms with van der Waals surface area (Å²) in [6.45, 7) is 9.73. The Balaban J connectivity index is 1.69. The van der Waals surface area contributed by atoms with Gasteiger partial charge in [-0.3, -0.25) is 14.4 Å². The van der Waals surface area contributed by atoms with E-state index in [-0.39, 0.29) is 17.5 Å². The van der Waals surface area contributed by atoms with Crippen LogP contribution in [0.4, 0.5) is 11.4 Å². The lowest BCUT2D eigenvalue weighted by Crippen LogP contribution is -2.51. The number of amides is 1. The zero-order valence-corrected chi connectivity index (χ0v) is 23.7. The summed E-state index contributed by atoms with van der Waals surface area (Å²) in [6, 6.07) is 19.3. The van der Waals surface area contributed by atoms with Crippen molar-refractivity contribution in [3.05, 3.63) is 95.1 Å². The molecule has 204 valence electrons. The number of rotatable bonds is 4. The van der Waals surface area contributed by atoms with E-state index in [0.717, 1.165) is 28.0 Å². The Bertz CT molecular complexity index is 1600. The number of aryl methyl sites for hydroxylation is 1. The Labute approximate surface area is 235 Å². The lowest BCUT2D eigenvalue weighted by Gasteiger charge is -2.40. The number of anilines is 2. The average molecular weight is 535 g/mol. The second-order valence-electron chi connectivity index (χ2n) is 12.2. The molecule has 6 nitrogen and oxygen atoms in total. The fraction of sp³-hybridized carbons (Fsp3) is 0.324. The molecule has 1 N–H and O–H groups in total. The molecular formula is C34H34N2O4. The van der Waals surface area contributed by atoms with Crippen LogP contribution in [-0.4, -0.2) is 36.7 Å². The second-order valence-corrected chi connectivity index (χ2v) is 12.2. The van der Waals surface area contributed by atoms with E-state index in [1.807, 2.05) is 71.0 Å². The summed E-state index contributed by atoms with van der Waals surface area (Å²) in [4.78, 5) is 45.8. The van der Waals surface area contributed by atoms with Gasteiger partial charge >= 0.3 is 0 Å². The number of hydrogen-bond donors (Lipinski definition) is 1. The molecule has 1 amide bonds. The van der Waals surface area contributed by atoms with Crippen LogP contribution in [-0.2, 0) is 15.0 Å². The summed E-state index contributed by atoms with van der Waals surface area (Å²) < 4.78 is 5.33. The van der Waals surface area contributed by atoms with E-state index in [9.17, 15) is 14.4 Å². The van der Waals surface area contributed by atoms with Gasteiger partial charge in [0.2, 0.25) is 5.91 Å². The largest absolute Gasteiger partial charge is 0.497 e. The Morgan fingerprint density at radius 1 is 0.975 bits per heavy atom. The molecule has 0 radical (unpaired) electrons. The number of nitrogens with one attached hydrogen (secondary N) is 1. The van der Waals surface area contributed by atoms with Crippen LogP contribution in [0, 0.1) is 18.3 Å². The Morgan fingerprint density at radius 2 is 1.68 bits per heavy atom. The molecule has 0 bridgehead atoms. The smallest absolute Gasteiger partial charge is 0.238 e. The topological polar surface area (TPSA) is 75.7 Å². The molecule has 6 rings (SSSR count). The highest BCUT2D eigenvalue weighted by Crippen LogP contribution is 2.59. The average Bonchev–Trinajstić information content (AvgIpc) is 3.39. The van der Waals surface area contributed by atoms with E-state index in [1.165, 1.54) is 0 Å². The first-order valence-corrected chi connectivity index (χ1v) is 13.7. The fourth-order valence-corrected chi connectivity index (χ4v) is 6.92. The number of para-hydroxylation sites is 1. The van der Waals surface area contributed by atoms with E-state index in [4.69, 9.17) is 4.74 Å². The van der Waals surface area contributed by atoms with Gasteiger partial charge in [0.25, 0.3) is 0 Å². The van der Waals surface area contributed by atoms with Crippen molar-refractivity contribution in [3.8, 4) is 5.75 Å². The van der Waals surface area contributed by atoms with Gasteiger partial charge in [-0.25, -0.2) is 0 Å². The predicted octanol–water partition coefficient (Wildman–Crippen LogP) is 5.98. The maximum atomic E-state index is 14.8. The minimum absolute atomic E-state index is 0.0714. The van der Waals surface area contributed by atoms with E-state index in [0.29, 0.717) is 17.0 Å². The van der Waals surface area contributed by atoms with Crippen molar-refractivity contribution in [1.29, 1.82) is 0 Å². The first-order valence-electron chi connectivity index (χ1n) is 13.7. The summed E-state index contributed by atoms with van der Waals surface area (Å²) in [5.74, 6) is -0.884. The molecule has 0 aliphatic carbocycles. The molecule has 3 aromatic rings. The van der Waals surface area contributed by atoms with Crippen LogP contribution < -0.4 is 15.0 Å². The third-order valence-corrected chi connectivity index (χ3v) is 8.80. The van der Waals surface area contributed by atoms with Gasteiger partial charge in [-0.05, 0) is 67.4 Å². The van der Waals surface area contributed by atoms with E-state index in [2.05, 4.69) is 22.4 Å².